The molecule has 0 aliphatic rings. The van der Waals surface area contributed by atoms with E-state index >= 15 is 0 Å². The van der Waals surface area contributed by atoms with Crippen LogP contribution in [-0.2, 0) is 11.8 Å². The molecule has 0 fully saturated rings. The summed E-state index contributed by atoms with van der Waals surface area (Å²) in [5.74, 6) is -0.340. The van der Waals surface area contributed by atoms with Crippen molar-refractivity contribution in [3.8, 4) is 0 Å². The van der Waals surface area contributed by atoms with Gasteiger partial charge in [0.15, 0.2) is 0 Å². The van der Waals surface area contributed by atoms with Crippen molar-refractivity contribution in [2.24, 2.45) is 7.05 Å². The molecule has 2 rings (SSSR count). The second kappa shape index (κ2) is 3.46. The van der Waals surface area contributed by atoms with Crippen molar-refractivity contribution in [3.63, 3.8) is 0 Å². The monoisotopic (exact) mass is 199 g/mol. The topological polar surface area (TPSA) is 31.2 Å². The molecule has 74 valence electrons. The number of ether oxygens (including phenoxy) is 1. The summed E-state index contributed by atoms with van der Waals surface area (Å²) in [6.45, 7) is 0. The molecule has 2 radical (unpaired) electrons. The van der Waals surface area contributed by atoms with Gasteiger partial charge in [-0.2, -0.15) is 0 Å². The van der Waals surface area contributed by atoms with Crippen molar-refractivity contribution < 1.29 is 9.53 Å². The van der Waals surface area contributed by atoms with Crippen molar-refractivity contribution in [1.29, 1.82) is 0 Å². The average Bonchev–Trinajstić information content (AvgIpc) is 2.55. The maximum Gasteiger partial charge on any atom is 0.354 e. The summed E-state index contributed by atoms with van der Waals surface area (Å²) in [5.41, 5.74) is 2.13. The lowest BCUT2D eigenvalue weighted by atomic mass is 9.95. The largest absolute Gasteiger partial charge is 0.464 e. The molecule has 0 unspecified atom stereocenters. The SMILES string of the molecule is [B]c1ccc2cc(C(=O)OC)n(C)c2c1. The molecule has 3 nitrogen and oxygen atoms in total. The van der Waals surface area contributed by atoms with Crippen LogP contribution in [-0.4, -0.2) is 25.5 Å². The zero-order valence-corrected chi connectivity index (χ0v) is 8.65. The molecule has 0 bridgehead atoms. The fourth-order valence-electron chi connectivity index (χ4n) is 1.65. The van der Waals surface area contributed by atoms with Crippen molar-refractivity contribution in [2.75, 3.05) is 7.11 Å². The lowest BCUT2D eigenvalue weighted by molar-refractivity contribution is 0.0590. The van der Waals surface area contributed by atoms with Gasteiger partial charge in [-0.05, 0) is 12.1 Å². The first-order chi connectivity index (χ1) is 7.13. The first-order valence-electron chi connectivity index (χ1n) is 4.56. The van der Waals surface area contributed by atoms with E-state index in [1.165, 1.54) is 7.11 Å². The Labute approximate surface area is 89.1 Å². The van der Waals surface area contributed by atoms with E-state index in [-0.39, 0.29) is 5.97 Å². The highest BCUT2D eigenvalue weighted by Gasteiger charge is 2.12. The van der Waals surface area contributed by atoms with Crippen molar-refractivity contribution >= 4 is 30.2 Å². The molecule has 0 aliphatic carbocycles. The summed E-state index contributed by atoms with van der Waals surface area (Å²) in [4.78, 5) is 11.4. The van der Waals surface area contributed by atoms with E-state index in [1.807, 2.05) is 25.2 Å². The van der Waals surface area contributed by atoms with Crippen LogP contribution >= 0.6 is 0 Å². The number of benzene rings is 1. The summed E-state index contributed by atoms with van der Waals surface area (Å²) in [5, 5.41) is 0.979. The number of carbonyl (C=O) groups excluding carboxylic acids is 1. The van der Waals surface area contributed by atoms with Crippen LogP contribution in [0.3, 0.4) is 0 Å². The number of esters is 1. The first kappa shape index (κ1) is 9.83. The standard InChI is InChI=1S/C11H10BNO2/c1-13-9-6-8(12)4-3-7(9)5-10(13)11(14)15-2/h3-6H,1-2H3. The fraction of sp³-hybridized carbons (Fsp3) is 0.182. The van der Waals surface area contributed by atoms with Gasteiger partial charge in [0.2, 0.25) is 0 Å². The molecule has 0 amide bonds. The highest BCUT2D eigenvalue weighted by Crippen LogP contribution is 2.17. The van der Waals surface area contributed by atoms with E-state index in [0.29, 0.717) is 11.2 Å². The summed E-state index contributed by atoms with van der Waals surface area (Å²) in [7, 11) is 8.86. The van der Waals surface area contributed by atoms with Gasteiger partial charge in [0.1, 0.15) is 13.5 Å². The lowest BCUT2D eigenvalue weighted by Crippen LogP contribution is -2.07. The Bertz CT molecular complexity index is 531. The van der Waals surface area contributed by atoms with Crippen LogP contribution in [0.25, 0.3) is 10.9 Å². The van der Waals surface area contributed by atoms with Crippen LogP contribution in [0.2, 0.25) is 0 Å². The van der Waals surface area contributed by atoms with E-state index < -0.39 is 0 Å². The molecule has 0 spiro atoms. The number of carbonyl (C=O) groups is 1. The number of methoxy groups -OCH3 is 1. The smallest absolute Gasteiger partial charge is 0.354 e. The van der Waals surface area contributed by atoms with Crippen LogP contribution in [0.15, 0.2) is 24.3 Å². The van der Waals surface area contributed by atoms with Gasteiger partial charge in [0.25, 0.3) is 0 Å². The molecule has 0 aliphatic heterocycles. The number of rotatable bonds is 1. The van der Waals surface area contributed by atoms with Gasteiger partial charge >= 0.3 is 5.97 Å². The molecule has 4 heteroatoms. The van der Waals surface area contributed by atoms with E-state index in [1.54, 1.807) is 10.6 Å². The minimum absolute atomic E-state index is 0.340. The van der Waals surface area contributed by atoms with E-state index in [2.05, 4.69) is 4.74 Å². The molecule has 0 N–H and O–H groups in total. The molecule has 15 heavy (non-hydrogen) atoms. The van der Waals surface area contributed by atoms with Crippen LogP contribution in [0.4, 0.5) is 0 Å². The van der Waals surface area contributed by atoms with Gasteiger partial charge < -0.3 is 9.30 Å². The predicted molar refractivity (Wildman–Crippen MR) is 59.6 cm³/mol. The Morgan fingerprint density at radius 1 is 1.40 bits per heavy atom. The summed E-state index contributed by atoms with van der Waals surface area (Å²) in [6, 6.07) is 7.32. The Morgan fingerprint density at radius 2 is 2.13 bits per heavy atom. The highest BCUT2D eigenvalue weighted by molar-refractivity contribution is 6.33. The van der Waals surface area contributed by atoms with Gasteiger partial charge in [0, 0.05) is 18.0 Å². The van der Waals surface area contributed by atoms with Gasteiger partial charge in [-0.15, -0.1) is 0 Å². The molecule has 0 saturated carbocycles. The summed E-state index contributed by atoms with van der Waals surface area (Å²) < 4.78 is 6.46. The number of hydrogen-bond acceptors (Lipinski definition) is 2. The first-order valence-corrected chi connectivity index (χ1v) is 4.56. The van der Waals surface area contributed by atoms with E-state index in [0.717, 1.165) is 10.9 Å². The predicted octanol–water partition coefficient (Wildman–Crippen LogP) is 0.759. The van der Waals surface area contributed by atoms with Gasteiger partial charge in [-0.1, -0.05) is 17.6 Å². The molecule has 1 aromatic carbocycles. The molecular formula is C11H10BNO2. The molecule has 0 atom stereocenters. The quantitative estimate of drug-likeness (QED) is 0.501. The number of aryl methyl sites for hydroxylation is 1. The highest BCUT2D eigenvalue weighted by atomic mass is 16.5. The molecule has 1 heterocycles. The van der Waals surface area contributed by atoms with Crippen LogP contribution in [0, 0.1) is 0 Å². The zero-order chi connectivity index (χ0) is 11.0. The Balaban J connectivity index is 2.69. The normalized spacial score (nSPS) is 10.5. The van der Waals surface area contributed by atoms with Gasteiger partial charge in [-0.25, -0.2) is 4.79 Å². The second-order valence-corrected chi connectivity index (χ2v) is 3.40. The maximum atomic E-state index is 11.4. The molecule has 2 aromatic rings. The van der Waals surface area contributed by atoms with E-state index in [9.17, 15) is 4.79 Å². The number of nitrogens with zero attached hydrogens (tertiary/aromatic N) is 1. The van der Waals surface area contributed by atoms with Gasteiger partial charge in [0.05, 0.1) is 7.11 Å². The average molecular weight is 199 g/mol. The fourth-order valence-corrected chi connectivity index (χ4v) is 1.65. The van der Waals surface area contributed by atoms with Crippen molar-refractivity contribution in [2.45, 2.75) is 0 Å². The Morgan fingerprint density at radius 3 is 2.80 bits per heavy atom. The summed E-state index contributed by atoms with van der Waals surface area (Å²) >= 11 is 0. The third kappa shape index (κ3) is 1.52. The van der Waals surface area contributed by atoms with Crippen LogP contribution in [0.1, 0.15) is 10.5 Å². The maximum absolute atomic E-state index is 11.4. The van der Waals surface area contributed by atoms with Crippen LogP contribution < -0.4 is 5.46 Å². The molecule has 1 aromatic heterocycles. The second-order valence-electron chi connectivity index (χ2n) is 3.40. The van der Waals surface area contributed by atoms with E-state index in [4.69, 9.17) is 7.85 Å². The lowest BCUT2D eigenvalue weighted by Gasteiger charge is -2.02. The van der Waals surface area contributed by atoms with Crippen LogP contribution in [0.5, 0.6) is 0 Å². The van der Waals surface area contributed by atoms with Crippen molar-refractivity contribution in [3.05, 3.63) is 30.0 Å². The number of fused-ring (bicyclic) bond motifs is 1. The minimum atomic E-state index is -0.340. The molecule has 0 saturated heterocycles. The summed E-state index contributed by atoms with van der Waals surface area (Å²) in [6.07, 6.45) is 0. The van der Waals surface area contributed by atoms with Gasteiger partial charge in [-0.3, -0.25) is 0 Å². The van der Waals surface area contributed by atoms with Crippen molar-refractivity contribution in [1.82, 2.24) is 4.57 Å². The molecular weight excluding hydrogens is 189 g/mol. The number of hydrogen-bond donors (Lipinski definition) is 0. The minimum Gasteiger partial charge on any atom is -0.464 e. The Hall–Kier alpha value is -1.71. The third-order valence-corrected chi connectivity index (χ3v) is 2.46. The third-order valence-electron chi connectivity index (χ3n) is 2.46. The Kier molecular flexibility index (Phi) is 2.27. The zero-order valence-electron chi connectivity index (χ0n) is 8.65. The number of aromatic nitrogens is 1.